The molecule has 0 bridgehead atoms. The molecule has 0 atom stereocenters. The molecule has 0 aliphatic heterocycles. The van der Waals surface area contributed by atoms with Crippen LogP contribution in [0.2, 0.25) is 13.1 Å². The molecule has 0 aliphatic carbocycles. The van der Waals surface area contributed by atoms with Crippen LogP contribution in [0, 0.1) is 0 Å². The minimum absolute atomic E-state index is 1.02. The molecule has 0 aromatic heterocycles. The molecule has 3 aromatic rings. The Bertz CT molecular complexity index is 749. The second-order valence-corrected chi connectivity index (χ2v) is 13.0. The minimum Gasteiger partial charge on any atom is -0.167 e. The van der Waals surface area contributed by atoms with Gasteiger partial charge in [0.05, 0.1) is 0 Å². The van der Waals surface area contributed by atoms with Gasteiger partial charge in [0.1, 0.15) is 0 Å². The highest BCUT2D eigenvalue weighted by atomic mass is 35.6. The third-order valence-corrected chi connectivity index (χ3v) is 5.33. The Morgan fingerprint density at radius 3 is 2.19 bits per heavy atom. The molecular formula is C19H19ClSi. The summed E-state index contributed by atoms with van der Waals surface area (Å²) in [5, 5.41) is 2.59. The average Bonchev–Trinajstić information content (AvgIpc) is 2.46. The van der Waals surface area contributed by atoms with Gasteiger partial charge in [-0.1, -0.05) is 79.8 Å². The van der Waals surface area contributed by atoms with E-state index in [0.717, 1.165) is 6.04 Å². The van der Waals surface area contributed by atoms with Crippen LogP contribution in [0.1, 0.15) is 5.56 Å². The van der Waals surface area contributed by atoms with Crippen molar-refractivity contribution >= 4 is 29.2 Å². The largest absolute Gasteiger partial charge is 0.167 e. The van der Waals surface area contributed by atoms with E-state index in [9.17, 15) is 0 Å². The van der Waals surface area contributed by atoms with Crippen molar-refractivity contribution in [2.45, 2.75) is 19.1 Å². The Hall–Kier alpha value is -1.57. The Morgan fingerprint density at radius 2 is 1.48 bits per heavy atom. The van der Waals surface area contributed by atoms with Crippen molar-refractivity contribution in [2.24, 2.45) is 0 Å². The fraction of sp³-hybridized carbons (Fsp3) is 0.158. The molecule has 0 radical (unpaired) electrons. The SMILES string of the molecule is C[Si](C)(Cl)Cc1ccc(-c2cccc3ccccc23)cc1. The predicted octanol–water partition coefficient (Wildman–Crippen LogP) is 6.03. The smallest absolute Gasteiger partial charge is 0.154 e. The van der Waals surface area contributed by atoms with Crippen molar-refractivity contribution in [3.63, 3.8) is 0 Å². The van der Waals surface area contributed by atoms with Crippen molar-refractivity contribution in [3.8, 4) is 11.1 Å². The molecule has 0 aliphatic rings. The van der Waals surface area contributed by atoms with Gasteiger partial charge < -0.3 is 0 Å². The lowest BCUT2D eigenvalue weighted by atomic mass is 9.98. The standard InChI is InChI=1S/C19H19ClSi/c1-21(2,20)14-15-10-12-17(13-11-15)19-9-5-7-16-6-3-4-8-18(16)19/h3-13H,14H2,1-2H3. The van der Waals surface area contributed by atoms with Gasteiger partial charge in [-0.2, -0.15) is 11.1 Å². The number of fused-ring (bicyclic) bond motifs is 1. The molecule has 3 aromatic carbocycles. The van der Waals surface area contributed by atoms with Crippen LogP contribution in [-0.2, 0) is 6.04 Å². The fourth-order valence-corrected chi connectivity index (χ4v) is 4.43. The molecule has 0 unspecified atom stereocenters. The summed E-state index contributed by atoms with van der Waals surface area (Å²) in [5.41, 5.74) is 3.90. The Morgan fingerprint density at radius 1 is 0.810 bits per heavy atom. The zero-order chi connectivity index (χ0) is 14.9. The van der Waals surface area contributed by atoms with E-state index in [-0.39, 0.29) is 0 Å². The van der Waals surface area contributed by atoms with Crippen LogP contribution < -0.4 is 0 Å². The molecule has 21 heavy (non-hydrogen) atoms. The highest BCUT2D eigenvalue weighted by Gasteiger charge is 2.17. The van der Waals surface area contributed by atoms with Crippen LogP contribution in [0.3, 0.4) is 0 Å². The highest BCUT2D eigenvalue weighted by Crippen LogP contribution is 2.29. The second kappa shape index (κ2) is 5.67. The maximum absolute atomic E-state index is 6.44. The number of hydrogen-bond acceptors (Lipinski definition) is 0. The molecular weight excluding hydrogens is 292 g/mol. The monoisotopic (exact) mass is 310 g/mol. The minimum atomic E-state index is -1.57. The van der Waals surface area contributed by atoms with Gasteiger partial charge >= 0.3 is 0 Å². The van der Waals surface area contributed by atoms with Crippen molar-refractivity contribution in [1.82, 2.24) is 0 Å². The molecule has 0 fully saturated rings. The van der Waals surface area contributed by atoms with E-state index in [1.54, 1.807) is 0 Å². The topological polar surface area (TPSA) is 0 Å². The number of hydrogen-bond donors (Lipinski definition) is 0. The summed E-state index contributed by atoms with van der Waals surface area (Å²) in [6.45, 7) is 4.38. The summed E-state index contributed by atoms with van der Waals surface area (Å²) < 4.78 is 0. The van der Waals surface area contributed by atoms with E-state index < -0.39 is 7.38 Å². The Kier molecular flexibility index (Phi) is 3.88. The third-order valence-electron chi connectivity index (χ3n) is 3.68. The second-order valence-electron chi connectivity index (χ2n) is 6.12. The van der Waals surface area contributed by atoms with Gasteiger partial charge in [0.2, 0.25) is 0 Å². The lowest BCUT2D eigenvalue weighted by Gasteiger charge is -2.13. The first-order chi connectivity index (χ1) is 10.0. The van der Waals surface area contributed by atoms with Gasteiger partial charge in [0, 0.05) is 0 Å². The van der Waals surface area contributed by atoms with E-state index in [4.69, 9.17) is 11.1 Å². The third kappa shape index (κ3) is 3.37. The molecule has 0 nitrogen and oxygen atoms in total. The first-order valence-corrected chi connectivity index (χ1v) is 11.5. The van der Waals surface area contributed by atoms with Gasteiger partial charge in [0.15, 0.2) is 7.38 Å². The molecule has 0 spiro atoms. The van der Waals surface area contributed by atoms with Crippen molar-refractivity contribution in [1.29, 1.82) is 0 Å². The highest BCUT2D eigenvalue weighted by molar-refractivity contribution is 7.18. The summed E-state index contributed by atoms with van der Waals surface area (Å²) in [7, 11) is -1.57. The van der Waals surface area contributed by atoms with Crippen LogP contribution in [0.15, 0.2) is 66.7 Å². The Balaban J connectivity index is 2.00. The molecule has 0 heterocycles. The summed E-state index contributed by atoms with van der Waals surface area (Å²) in [6, 6.07) is 24.9. The van der Waals surface area contributed by atoms with E-state index in [0.29, 0.717) is 0 Å². The number of rotatable bonds is 3. The molecule has 0 saturated carbocycles. The van der Waals surface area contributed by atoms with Gasteiger partial charge in [0.25, 0.3) is 0 Å². The van der Waals surface area contributed by atoms with Gasteiger partial charge in [-0.05, 0) is 33.5 Å². The summed E-state index contributed by atoms with van der Waals surface area (Å²) in [6.07, 6.45) is 0. The first kappa shape index (κ1) is 14.4. The maximum Gasteiger partial charge on any atom is 0.154 e. The van der Waals surface area contributed by atoms with Gasteiger partial charge in [-0.3, -0.25) is 0 Å². The zero-order valence-corrected chi connectivity index (χ0v) is 14.2. The molecule has 0 saturated heterocycles. The van der Waals surface area contributed by atoms with Crippen LogP contribution >= 0.6 is 11.1 Å². The lowest BCUT2D eigenvalue weighted by molar-refractivity contribution is 1.34. The van der Waals surface area contributed by atoms with E-state index in [1.807, 2.05) is 0 Å². The number of halogens is 1. The molecule has 106 valence electrons. The quantitative estimate of drug-likeness (QED) is 0.409. The molecule has 3 rings (SSSR count). The van der Waals surface area contributed by atoms with Crippen LogP contribution in [0.25, 0.3) is 21.9 Å². The van der Waals surface area contributed by atoms with E-state index >= 15 is 0 Å². The van der Waals surface area contributed by atoms with Crippen LogP contribution in [-0.4, -0.2) is 7.38 Å². The van der Waals surface area contributed by atoms with Crippen molar-refractivity contribution in [2.75, 3.05) is 0 Å². The fourth-order valence-electron chi connectivity index (χ4n) is 2.76. The average molecular weight is 311 g/mol. The summed E-state index contributed by atoms with van der Waals surface area (Å²) in [5.74, 6) is 0. The first-order valence-electron chi connectivity index (χ1n) is 7.29. The number of benzene rings is 3. The van der Waals surface area contributed by atoms with Crippen LogP contribution in [0.4, 0.5) is 0 Å². The van der Waals surface area contributed by atoms with E-state index in [1.165, 1.54) is 27.5 Å². The van der Waals surface area contributed by atoms with Crippen LogP contribution in [0.5, 0.6) is 0 Å². The predicted molar refractivity (Wildman–Crippen MR) is 96.4 cm³/mol. The summed E-state index contributed by atoms with van der Waals surface area (Å²) in [4.78, 5) is 0. The molecule has 2 heteroatoms. The zero-order valence-electron chi connectivity index (χ0n) is 12.4. The molecule has 0 amide bonds. The normalized spacial score (nSPS) is 11.8. The summed E-state index contributed by atoms with van der Waals surface area (Å²) >= 11 is 6.44. The Labute approximate surface area is 132 Å². The molecule has 0 N–H and O–H groups in total. The maximum atomic E-state index is 6.44. The van der Waals surface area contributed by atoms with Crippen molar-refractivity contribution in [3.05, 3.63) is 72.3 Å². The van der Waals surface area contributed by atoms with Crippen molar-refractivity contribution < 1.29 is 0 Å². The van der Waals surface area contributed by atoms with Gasteiger partial charge in [-0.15, -0.1) is 0 Å². The van der Waals surface area contributed by atoms with Gasteiger partial charge in [-0.25, -0.2) is 0 Å². The lowest BCUT2D eigenvalue weighted by Crippen LogP contribution is -2.20. The van der Waals surface area contributed by atoms with E-state index in [2.05, 4.69) is 79.8 Å².